The fraction of sp³-hybridized carbons (Fsp3) is 0.650. The molecule has 0 spiro atoms. The Hall–Kier alpha value is -1.43. The van der Waals surface area contributed by atoms with E-state index >= 15 is 0 Å². The van der Waals surface area contributed by atoms with Crippen LogP contribution in [0.1, 0.15) is 53.0 Å². The second-order valence-corrected chi connectivity index (χ2v) is 8.12. The third kappa shape index (κ3) is 10.2. The maximum atomic E-state index is 12.1. The largest absolute Gasteiger partial charge is 0.391 e. The highest BCUT2D eigenvalue weighted by Crippen LogP contribution is 2.10. The molecule has 0 unspecified atom stereocenters. The van der Waals surface area contributed by atoms with Gasteiger partial charge in [-0.3, -0.25) is 15.6 Å². The quantitative estimate of drug-likeness (QED) is 0.387. The Bertz CT molecular complexity index is 497. The zero-order chi connectivity index (χ0) is 18.9. The number of carbonyl (C=O) groups excluding carboxylic acids is 1. The third-order valence-corrected chi connectivity index (χ3v) is 3.81. The van der Waals surface area contributed by atoms with Crippen LogP contribution < -0.4 is 16.2 Å². The molecular weight excluding hydrogens is 314 g/mol. The van der Waals surface area contributed by atoms with E-state index in [4.69, 9.17) is 0 Å². The molecule has 0 aromatic heterocycles. The van der Waals surface area contributed by atoms with E-state index in [1.807, 2.05) is 51.1 Å². The Morgan fingerprint density at radius 2 is 1.80 bits per heavy atom. The molecule has 5 nitrogen and oxygen atoms in total. The van der Waals surface area contributed by atoms with Crippen molar-refractivity contribution in [2.75, 3.05) is 6.54 Å². The molecule has 25 heavy (non-hydrogen) atoms. The van der Waals surface area contributed by atoms with Gasteiger partial charge in [0.2, 0.25) is 5.91 Å². The van der Waals surface area contributed by atoms with Crippen molar-refractivity contribution in [2.45, 2.75) is 71.6 Å². The number of hydrazine groups is 1. The highest BCUT2D eigenvalue weighted by atomic mass is 16.3. The number of nitrogens with one attached hydrogen (secondary N) is 3. The smallest absolute Gasteiger partial charge is 0.223 e. The predicted molar refractivity (Wildman–Crippen MR) is 103 cm³/mol. The Labute approximate surface area is 152 Å². The van der Waals surface area contributed by atoms with Gasteiger partial charge in [-0.05, 0) is 45.1 Å². The summed E-state index contributed by atoms with van der Waals surface area (Å²) >= 11 is 0. The van der Waals surface area contributed by atoms with E-state index in [1.54, 1.807) is 0 Å². The summed E-state index contributed by atoms with van der Waals surface area (Å²) in [6.07, 6.45) is 1.01. The van der Waals surface area contributed by atoms with Gasteiger partial charge in [-0.25, -0.2) is 0 Å². The molecule has 1 aromatic carbocycles. The number of aliphatic hydroxyl groups is 1. The minimum absolute atomic E-state index is 0.0770. The molecule has 0 saturated carbocycles. The van der Waals surface area contributed by atoms with E-state index in [2.05, 4.69) is 30.0 Å². The van der Waals surface area contributed by atoms with Crippen LogP contribution in [0, 0.1) is 5.92 Å². The molecule has 0 heterocycles. The average Bonchev–Trinajstić information content (AvgIpc) is 2.49. The molecule has 0 fully saturated rings. The van der Waals surface area contributed by atoms with Crippen molar-refractivity contribution >= 4 is 5.91 Å². The topological polar surface area (TPSA) is 73.4 Å². The normalized spacial score (nSPS) is 14.4. The first-order valence-electron chi connectivity index (χ1n) is 9.19. The lowest BCUT2D eigenvalue weighted by Crippen LogP contribution is -2.51. The molecule has 0 saturated heterocycles. The fourth-order valence-corrected chi connectivity index (χ4v) is 2.52. The minimum atomic E-state index is -0.769. The monoisotopic (exact) mass is 349 g/mol. The van der Waals surface area contributed by atoms with Crippen LogP contribution in [0.3, 0.4) is 0 Å². The molecule has 0 aliphatic rings. The van der Waals surface area contributed by atoms with Crippen molar-refractivity contribution in [3.8, 4) is 0 Å². The van der Waals surface area contributed by atoms with Crippen LogP contribution in [-0.2, 0) is 11.2 Å². The number of hydrogen-bond acceptors (Lipinski definition) is 4. The number of carbonyl (C=O) groups is 1. The summed E-state index contributed by atoms with van der Waals surface area (Å²) in [5.41, 5.74) is 7.24. The van der Waals surface area contributed by atoms with Crippen molar-refractivity contribution in [3.05, 3.63) is 35.9 Å². The van der Waals surface area contributed by atoms with Gasteiger partial charge in [0.05, 0.1) is 18.6 Å². The molecule has 0 aliphatic carbocycles. The summed E-state index contributed by atoms with van der Waals surface area (Å²) < 4.78 is 0. The lowest BCUT2D eigenvalue weighted by Gasteiger charge is -2.27. The van der Waals surface area contributed by atoms with Gasteiger partial charge in [0.25, 0.3) is 0 Å². The van der Waals surface area contributed by atoms with Crippen LogP contribution in [-0.4, -0.2) is 35.2 Å². The van der Waals surface area contributed by atoms with E-state index < -0.39 is 6.10 Å². The Balaban J connectivity index is 2.63. The predicted octanol–water partition coefficient (Wildman–Crippen LogP) is 2.40. The van der Waals surface area contributed by atoms with Crippen molar-refractivity contribution in [2.24, 2.45) is 5.92 Å². The molecule has 1 amide bonds. The minimum Gasteiger partial charge on any atom is -0.391 e. The van der Waals surface area contributed by atoms with Gasteiger partial charge in [0.1, 0.15) is 0 Å². The molecule has 1 rings (SSSR count). The zero-order valence-corrected chi connectivity index (χ0v) is 16.3. The highest BCUT2D eigenvalue weighted by molar-refractivity contribution is 5.77. The van der Waals surface area contributed by atoms with Crippen LogP contribution in [0.5, 0.6) is 0 Å². The van der Waals surface area contributed by atoms with Crippen LogP contribution in [0.25, 0.3) is 0 Å². The standard InChI is InChI=1S/C20H35N3O2/c1-15(2)11-12-21-23-17(13-16-9-7-6-8-10-16)18(24)14-19(25)22-20(3,4)5/h6-10,15,17-18,21,23-24H,11-14H2,1-5H3,(H,22,25)/t17-,18+/m0/s1. The lowest BCUT2D eigenvalue weighted by atomic mass is 9.99. The molecule has 0 aliphatic heterocycles. The Kier molecular flexibility index (Phi) is 9.11. The van der Waals surface area contributed by atoms with Crippen LogP contribution in [0.15, 0.2) is 30.3 Å². The van der Waals surface area contributed by atoms with E-state index in [9.17, 15) is 9.90 Å². The van der Waals surface area contributed by atoms with Crippen molar-refractivity contribution in [1.82, 2.24) is 16.2 Å². The van der Waals surface area contributed by atoms with Crippen LogP contribution >= 0.6 is 0 Å². The average molecular weight is 350 g/mol. The summed E-state index contributed by atoms with van der Waals surface area (Å²) in [6, 6.07) is 9.77. The summed E-state index contributed by atoms with van der Waals surface area (Å²) in [5, 5.41) is 13.5. The Morgan fingerprint density at radius 3 is 2.36 bits per heavy atom. The number of rotatable bonds is 10. The summed E-state index contributed by atoms with van der Waals surface area (Å²) in [6.45, 7) is 11.0. The van der Waals surface area contributed by atoms with E-state index in [0.29, 0.717) is 12.3 Å². The lowest BCUT2D eigenvalue weighted by molar-refractivity contribution is -0.124. The van der Waals surface area contributed by atoms with E-state index in [0.717, 1.165) is 18.5 Å². The second kappa shape index (κ2) is 10.5. The van der Waals surface area contributed by atoms with Gasteiger partial charge in [0, 0.05) is 12.1 Å². The number of aliphatic hydroxyl groups excluding tert-OH is 1. The Morgan fingerprint density at radius 1 is 1.16 bits per heavy atom. The maximum Gasteiger partial charge on any atom is 0.223 e. The molecule has 4 N–H and O–H groups in total. The molecular formula is C20H35N3O2. The van der Waals surface area contributed by atoms with E-state index in [-0.39, 0.29) is 23.9 Å². The van der Waals surface area contributed by atoms with Gasteiger partial charge < -0.3 is 10.4 Å². The van der Waals surface area contributed by atoms with Gasteiger partial charge >= 0.3 is 0 Å². The first-order valence-corrected chi connectivity index (χ1v) is 9.19. The second-order valence-electron chi connectivity index (χ2n) is 8.12. The number of amides is 1. The molecule has 1 aromatic rings. The van der Waals surface area contributed by atoms with Gasteiger partial charge in [0.15, 0.2) is 0 Å². The number of benzene rings is 1. The molecule has 142 valence electrons. The van der Waals surface area contributed by atoms with Gasteiger partial charge in [-0.15, -0.1) is 0 Å². The maximum absolute atomic E-state index is 12.1. The van der Waals surface area contributed by atoms with Crippen LogP contribution in [0.4, 0.5) is 0 Å². The third-order valence-electron chi connectivity index (χ3n) is 3.81. The zero-order valence-electron chi connectivity index (χ0n) is 16.3. The summed E-state index contributed by atoms with van der Waals surface area (Å²) in [7, 11) is 0. The first kappa shape index (κ1) is 21.6. The summed E-state index contributed by atoms with van der Waals surface area (Å²) in [5.74, 6) is 0.478. The molecule has 5 heteroatoms. The van der Waals surface area contributed by atoms with Crippen molar-refractivity contribution in [1.29, 1.82) is 0 Å². The van der Waals surface area contributed by atoms with E-state index in [1.165, 1.54) is 0 Å². The molecule has 2 atom stereocenters. The SMILES string of the molecule is CC(C)CCNN[C@@H](Cc1ccccc1)[C@H](O)CC(=O)NC(C)(C)C. The molecule has 0 bridgehead atoms. The number of hydrogen-bond donors (Lipinski definition) is 4. The van der Waals surface area contributed by atoms with Gasteiger partial charge in [-0.1, -0.05) is 44.2 Å². The first-order chi connectivity index (χ1) is 11.7. The van der Waals surface area contributed by atoms with Crippen LogP contribution in [0.2, 0.25) is 0 Å². The van der Waals surface area contributed by atoms with Gasteiger partial charge in [-0.2, -0.15) is 0 Å². The van der Waals surface area contributed by atoms with Crippen molar-refractivity contribution < 1.29 is 9.90 Å². The highest BCUT2D eigenvalue weighted by Gasteiger charge is 2.24. The summed E-state index contributed by atoms with van der Waals surface area (Å²) in [4.78, 5) is 12.1. The van der Waals surface area contributed by atoms with Crippen molar-refractivity contribution in [3.63, 3.8) is 0 Å². The molecule has 0 radical (unpaired) electrons. The fourth-order valence-electron chi connectivity index (χ4n) is 2.52.